The minimum Gasteiger partial charge on any atom is -0.349 e. The van der Waals surface area contributed by atoms with Gasteiger partial charge >= 0.3 is 0 Å². The van der Waals surface area contributed by atoms with Crippen LogP contribution in [0.1, 0.15) is 50.3 Å². The van der Waals surface area contributed by atoms with Gasteiger partial charge in [0, 0.05) is 6.54 Å². The largest absolute Gasteiger partial charge is 0.349 e. The van der Waals surface area contributed by atoms with Gasteiger partial charge in [-0.3, -0.25) is 4.79 Å². The van der Waals surface area contributed by atoms with E-state index in [0.29, 0.717) is 0 Å². The van der Waals surface area contributed by atoms with E-state index in [9.17, 15) is 4.79 Å². The van der Waals surface area contributed by atoms with Crippen LogP contribution in [0.15, 0.2) is 24.3 Å². The Kier molecular flexibility index (Phi) is 4.95. The van der Waals surface area contributed by atoms with E-state index in [1.165, 1.54) is 11.1 Å². The predicted octanol–water partition coefficient (Wildman–Crippen LogP) is 2.95. The van der Waals surface area contributed by atoms with Crippen LogP contribution in [0.2, 0.25) is 0 Å². The molecule has 2 aliphatic rings. The first-order valence-corrected chi connectivity index (χ1v) is 7.68. The highest BCUT2D eigenvalue weighted by Crippen LogP contribution is 2.41. The minimum absolute atomic E-state index is 0. The van der Waals surface area contributed by atoms with Crippen molar-refractivity contribution in [3.05, 3.63) is 35.4 Å². The van der Waals surface area contributed by atoms with E-state index in [1.807, 2.05) is 0 Å². The first-order chi connectivity index (χ1) is 9.58. The van der Waals surface area contributed by atoms with Crippen LogP contribution in [0.3, 0.4) is 0 Å². The topological polar surface area (TPSA) is 41.1 Å². The van der Waals surface area contributed by atoms with E-state index in [4.69, 9.17) is 0 Å². The summed E-state index contributed by atoms with van der Waals surface area (Å²) in [5.41, 5.74) is 2.91. The molecule has 0 bridgehead atoms. The van der Waals surface area contributed by atoms with Crippen LogP contribution >= 0.6 is 12.4 Å². The molecule has 1 aliphatic heterocycles. The number of rotatable bonds is 2. The molecule has 1 heterocycles. The van der Waals surface area contributed by atoms with Crippen molar-refractivity contribution in [1.29, 1.82) is 0 Å². The molecule has 0 spiro atoms. The van der Waals surface area contributed by atoms with Gasteiger partial charge in [0.25, 0.3) is 0 Å². The molecule has 1 aliphatic carbocycles. The zero-order valence-electron chi connectivity index (χ0n) is 12.8. The quantitative estimate of drug-likeness (QED) is 0.882. The number of hydrogen-bond acceptors (Lipinski definition) is 2. The summed E-state index contributed by atoms with van der Waals surface area (Å²) >= 11 is 0. The summed E-state index contributed by atoms with van der Waals surface area (Å²) in [7, 11) is 0. The van der Waals surface area contributed by atoms with Crippen molar-refractivity contribution in [2.45, 2.75) is 44.6 Å². The van der Waals surface area contributed by atoms with E-state index >= 15 is 0 Å². The second-order valence-corrected chi connectivity index (χ2v) is 6.76. The molecule has 1 aromatic rings. The average molecular weight is 309 g/mol. The lowest BCUT2D eigenvalue weighted by Crippen LogP contribution is -2.39. The Morgan fingerprint density at radius 2 is 2.05 bits per heavy atom. The van der Waals surface area contributed by atoms with E-state index in [1.54, 1.807) is 0 Å². The minimum atomic E-state index is 0. The Bertz CT molecular complexity index is 509. The molecule has 1 amide bonds. The number of halogens is 1. The number of fused-ring (bicyclic) bond motifs is 1. The lowest BCUT2D eigenvalue weighted by molar-refractivity contribution is -0.125. The first kappa shape index (κ1) is 16.3. The molecule has 0 saturated carbocycles. The number of carbonyl (C=O) groups excluding carboxylic acids is 1. The lowest BCUT2D eigenvalue weighted by Gasteiger charge is -2.37. The van der Waals surface area contributed by atoms with Crippen molar-refractivity contribution in [3.63, 3.8) is 0 Å². The van der Waals surface area contributed by atoms with E-state index in [0.717, 1.165) is 32.4 Å². The number of benzene rings is 1. The third-order valence-electron chi connectivity index (χ3n) is 4.87. The van der Waals surface area contributed by atoms with Crippen LogP contribution in [0.5, 0.6) is 0 Å². The normalized spacial score (nSPS) is 26.6. The second-order valence-electron chi connectivity index (χ2n) is 6.76. The van der Waals surface area contributed by atoms with E-state index in [-0.39, 0.29) is 35.7 Å². The molecule has 0 radical (unpaired) electrons. The zero-order chi connectivity index (χ0) is 14.2. The van der Waals surface area contributed by atoms with E-state index < -0.39 is 0 Å². The summed E-state index contributed by atoms with van der Waals surface area (Å²) in [6.45, 7) is 6.38. The van der Waals surface area contributed by atoms with Gasteiger partial charge in [-0.25, -0.2) is 0 Å². The van der Waals surface area contributed by atoms with Gasteiger partial charge in [-0.15, -0.1) is 12.4 Å². The molecule has 2 unspecified atom stereocenters. The summed E-state index contributed by atoms with van der Waals surface area (Å²) < 4.78 is 0. The van der Waals surface area contributed by atoms with Crippen molar-refractivity contribution < 1.29 is 4.79 Å². The summed E-state index contributed by atoms with van der Waals surface area (Å²) in [6, 6.07) is 8.76. The lowest BCUT2D eigenvalue weighted by atomic mass is 9.71. The van der Waals surface area contributed by atoms with Gasteiger partial charge in [0.1, 0.15) is 0 Å². The van der Waals surface area contributed by atoms with E-state index in [2.05, 4.69) is 48.7 Å². The molecule has 21 heavy (non-hydrogen) atoms. The first-order valence-electron chi connectivity index (χ1n) is 7.68. The maximum Gasteiger partial charge on any atom is 0.224 e. The molecule has 3 rings (SSSR count). The predicted molar refractivity (Wildman–Crippen MR) is 87.8 cm³/mol. The summed E-state index contributed by atoms with van der Waals surface area (Å²) in [5.74, 6) is 0.367. The van der Waals surface area contributed by atoms with Gasteiger partial charge in [-0.05, 0) is 42.3 Å². The summed E-state index contributed by atoms with van der Waals surface area (Å²) in [4.78, 5) is 12.3. The fourth-order valence-corrected chi connectivity index (χ4v) is 3.53. The molecule has 0 aromatic heterocycles. The van der Waals surface area contributed by atoms with Crippen LogP contribution < -0.4 is 10.6 Å². The number of hydrogen-bond donors (Lipinski definition) is 2. The zero-order valence-corrected chi connectivity index (χ0v) is 13.6. The molecule has 3 nitrogen and oxygen atoms in total. The van der Waals surface area contributed by atoms with Crippen LogP contribution in [0.4, 0.5) is 0 Å². The Labute approximate surface area is 133 Å². The number of carbonyl (C=O) groups is 1. The highest BCUT2D eigenvalue weighted by Gasteiger charge is 2.34. The fourth-order valence-electron chi connectivity index (χ4n) is 3.53. The summed E-state index contributed by atoms with van der Waals surface area (Å²) in [5, 5.41) is 6.54. The Hall–Kier alpha value is -1.06. The second kappa shape index (κ2) is 6.37. The maximum atomic E-state index is 12.3. The molecule has 4 heteroatoms. The Morgan fingerprint density at radius 3 is 2.76 bits per heavy atom. The third-order valence-corrected chi connectivity index (χ3v) is 4.87. The Balaban J connectivity index is 0.00000161. The third kappa shape index (κ3) is 3.24. The van der Waals surface area contributed by atoms with Crippen LogP contribution in [-0.2, 0) is 10.2 Å². The highest BCUT2D eigenvalue weighted by atomic mass is 35.5. The maximum absolute atomic E-state index is 12.3. The van der Waals surface area contributed by atoms with Crippen molar-refractivity contribution >= 4 is 18.3 Å². The van der Waals surface area contributed by atoms with Gasteiger partial charge in [-0.2, -0.15) is 0 Å². The van der Waals surface area contributed by atoms with Crippen LogP contribution in [-0.4, -0.2) is 19.0 Å². The molecular formula is C17H25ClN2O. The number of nitrogens with one attached hydrogen (secondary N) is 2. The van der Waals surface area contributed by atoms with Gasteiger partial charge in [0.2, 0.25) is 5.91 Å². The van der Waals surface area contributed by atoms with Crippen LogP contribution in [0, 0.1) is 5.92 Å². The molecule has 1 fully saturated rings. The fraction of sp³-hybridized carbons (Fsp3) is 0.588. The highest BCUT2D eigenvalue weighted by molar-refractivity contribution is 5.85. The molecule has 2 atom stereocenters. The molecule has 116 valence electrons. The summed E-state index contributed by atoms with van der Waals surface area (Å²) in [6.07, 6.45) is 3.12. The smallest absolute Gasteiger partial charge is 0.224 e. The van der Waals surface area contributed by atoms with Gasteiger partial charge in [-0.1, -0.05) is 38.1 Å². The molecule has 1 saturated heterocycles. The van der Waals surface area contributed by atoms with Gasteiger partial charge < -0.3 is 10.6 Å². The standard InChI is InChI=1S/C17H24N2O.ClH/c1-17(2)9-7-15(13-5-3-4-6-14(13)17)19-16(20)12-8-10-18-11-12;/h3-6,12,15,18H,7-11H2,1-2H3,(H,19,20);1H. The average Bonchev–Trinajstić information content (AvgIpc) is 2.96. The monoisotopic (exact) mass is 308 g/mol. The van der Waals surface area contributed by atoms with Crippen molar-refractivity contribution in [1.82, 2.24) is 10.6 Å². The van der Waals surface area contributed by atoms with Crippen molar-refractivity contribution in [2.75, 3.05) is 13.1 Å². The van der Waals surface area contributed by atoms with Crippen LogP contribution in [0.25, 0.3) is 0 Å². The molecular weight excluding hydrogens is 284 g/mol. The Morgan fingerprint density at radius 1 is 1.29 bits per heavy atom. The molecule has 2 N–H and O–H groups in total. The SMILES string of the molecule is CC1(C)CCC(NC(=O)C2CCNC2)c2ccccc21.Cl. The van der Waals surface area contributed by atoms with Crippen molar-refractivity contribution in [2.24, 2.45) is 5.92 Å². The van der Waals surface area contributed by atoms with Gasteiger partial charge in [0.05, 0.1) is 12.0 Å². The molecule has 1 aromatic carbocycles. The number of amides is 1. The van der Waals surface area contributed by atoms with Crippen molar-refractivity contribution in [3.8, 4) is 0 Å². The van der Waals surface area contributed by atoms with Gasteiger partial charge in [0.15, 0.2) is 0 Å².